The number of rotatable bonds is 7. The molecular weight excluding hydrogens is 268 g/mol. The summed E-state index contributed by atoms with van der Waals surface area (Å²) in [5.41, 5.74) is 2.39. The predicted octanol–water partition coefficient (Wildman–Crippen LogP) is 0.423. The number of ether oxygens (including phenoxy) is 1. The number of nitrogens with one attached hydrogen (secondary N) is 3. The predicted molar refractivity (Wildman–Crippen MR) is 84.3 cm³/mol. The van der Waals surface area contributed by atoms with Crippen LogP contribution in [0.25, 0.3) is 0 Å². The van der Waals surface area contributed by atoms with Gasteiger partial charge in [-0.1, -0.05) is 29.8 Å². The van der Waals surface area contributed by atoms with E-state index in [1.54, 1.807) is 14.2 Å². The number of hydrogen-bond acceptors (Lipinski definition) is 3. The third-order valence-corrected chi connectivity index (χ3v) is 2.85. The first-order valence-electron chi connectivity index (χ1n) is 6.91. The summed E-state index contributed by atoms with van der Waals surface area (Å²) < 4.78 is 4.86. The molecule has 0 unspecified atom stereocenters. The molecule has 21 heavy (non-hydrogen) atoms. The summed E-state index contributed by atoms with van der Waals surface area (Å²) in [6, 6.07) is 8.26. The minimum Gasteiger partial charge on any atom is -0.383 e. The van der Waals surface area contributed by atoms with Crippen molar-refractivity contribution in [2.45, 2.75) is 13.5 Å². The van der Waals surface area contributed by atoms with E-state index >= 15 is 0 Å². The molecule has 1 amide bonds. The van der Waals surface area contributed by atoms with Crippen molar-refractivity contribution in [3.05, 3.63) is 35.4 Å². The molecule has 0 atom stereocenters. The Labute approximate surface area is 126 Å². The molecule has 0 saturated heterocycles. The molecule has 6 nitrogen and oxygen atoms in total. The summed E-state index contributed by atoms with van der Waals surface area (Å²) in [6.07, 6.45) is 0. The number of hydrogen-bond donors (Lipinski definition) is 3. The summed E-state index contributed by atoms with van der Waals surface area (Å²) in [4.78, 5) is 15.6. The van der Waals surface area contributed by atoms with Gasteiger partial charge in [-0.2, -0.15) is 0 Å². The van der Waals surface area contributed by atoms with Crippen molar-refractivity contribution in [3.63, 3.8) is 0 Å². The fraction of sp³-hybridized carbons (Fsp3) is 0.467. The Morgan fingerprint density at radius 1 is 1.19 bits per heavy atom. The minimum atomic E-state index is -0.0923. The van der Waals surface area contributed by atoms with Gasteiger partial charge in [-0.3, -0.25) is 9.79 Å². The van der Waals surface area contributed by atoms with Gasteiger partial charge in [-0.25, -0.2) is 0 Å². The molecule has 1 rings (SSSR count). The zero-order valence-electron chi connectivity index (χ0n) is 12.9. The SMILES string of the molecule is CN=C(NCC(=O)NCCOC)NCc1ccc(C)cc1. The fourth-order valence-corrected chi connectivity index (χ4v) is 1.63. The van der Waals surface area contributed by atoms with Crippen LogP contribution in [0.15, 0.2) is 29.3 Å². The summed E-state index contributed by atoms with van der Waals surface area (Å²) in [5, 5.41) is 8.86. The number of amides is 1. The maximum Gasteiger partial charge on any atom is 0.239 e. The number of carbonyl (C=O) groups excluding carboxylic acids is 1. The third-order valence-electron chi connectivity index (χ3n) is 2.85. The Hall–Kier alpha value is -2.08. The Morgan fingerprint density at radius 3 is 2.52 bits per heavy atom. The van der Waals surface area contributed by atoms with Gasteiger partial charge in [-0.05, 0) is 12.5 Å². The fourth-order valence-electron chi connectivity index (χ4n) is 1.63. The summed E-state index contributed by atoms with van der Waals surface area (Å²) in [6.45, 7) is 3.90. The van der Waals surface area contributed by atoms with E-state index in [1.807, 2.05) is 0 Å². The van der Waals surface area contributed by atoms with Crippen molar-refractivity contribution >= 4 is 11.9 Å². The standard InChI is InChI=1S/C15H24N4O2/c1-12-4-6-13(7-5-12)10-18-15(16-2)19-11-14(20)17-8-9-21-3/h4-7H,8-11H2,1-3H3,(H,17,20)(H2,16,18,19). The van der Waals surface area contributed by atoms with Crippen molar-refractivity contribution in [1.29, 1.82) is 0 Å². The topological polar surface area (TPSA) is 74.8 Å². The largest absolute Gasteiger partial charge is 0.383 e. The quantitative estimate of drug-likeness (QED) is 0.387. The van der Waals surface area contributed by atoms with E-state index in [0.717, 1.165) is 5.56 Å². The lowest BCUT2D eigenvalue weighted by Crippen LogP contribution is -2.43. The molecule has 0 aromatic heterocycles. The van der Waals surface area contributed by atoms with Crippen molar-refractivity contribution < 1.29 is 9.53 Å². The normalized spacial score (nSPS) is 11.1. The molecule has 0 radical (unpaired) electrons. The van der Waals surface area contributed by atoms with Crippen LogP contribution in [0.1, 0.15) is 11.1 Å². The van der Waals surface area contributed by atoms with Crippen LogP contribution in [-0.4, -0.2) is 45.7 Å². The molecular formula is C15H24N4O2. The second-order valence-electron chi connectivity index (χ2n) is 4.61. The Balaban J connectivity index is 2.29. The Kier molecular flexibility index (Phi) is 7.89. The number of nitrogens with zero attached hydrogens (tertiary/aromatic N) is 1. The first-order valence-corrected chi connectivity index (χ1v) is 6.91. The summed E-state index contributed by atoms with van der Waals surface area (Å²) >= 11 is 0. The van der Waals surface area contributed by atoms with Crippen LogP contribution < -0.4 is 16.0 Å². The van der Waals surface area contributed by atoms with Crippen LogP contribution in [0.5, 0.6) is 0 Å². The van der Waals surface area contributed by atoms with Gasteiger partial charge >= 0.3 is 0 Å². The molecule has 0 aliphatic heterocycles. The van der Waals surface area contributed by atoms with E-state index in [1.165, 1.54) is 5.56 Å². The number of methoxy groups -OCH3 is 1. The molecule has 0 fully saturated rings. The smallest absolute Gasteiger partial charge is 0.239 e. The summed E-state index contributed by atoms with van der Waals surface area (Å²) in [5.74, 6) is 0.503. The minimum absolute atomic E-state index is 0.0923. The Bertz CT molecular complexity index is 457. The first-order chi connectivity index (χ1) is 10.2. The van der Waals surface area contributed by atoms with Crippen LogP contribution in [-0.2, 0) is 16.1 Å². The highest BCUT2D eigenvalue weighted by Crippen LogP contribution is 2.02. The van der Waals surface area contributed by atoms with Crippen molar-refractivity contribution in [2.24, 2.45) is 4.99 Å². The number of carbonyl (C=O) groups is 1. The number of guanidine groups is 1. The van der Waals surface area contributed by atoms with Gasteiger partial charge in [0.25, 0.3) is 0 Å². The highest BCUT2D eigenvalue weighted by Gasteiger charge is 2.03. The molecule has 0 bridgehead atoms. The van der Waals surface area contributed by atoms with E-state index in [0.29, 0.717) is 25.7 Å². The highest BCUT2D eigenvalue weighted by atomic mass is 16.5. The van der Waals surface area contributed by atoms with Gasteiger partial charge in [0.2, 0.25) is 5.91 Å². The van der Waals surface area contributed by atoms with Crippen LogP contribution in [0.4, 0.5) is 0 Å². The van der Waals surface area contributed by atoms with E-state index in [9.17, 15) is 4.79 Å². The van der Waals surface area contributed by atoms with Gasteiger partial charge in [0.1, 0.15) is 0 Å². The third kappa shape index (κ3) is 7.31. The van der Waals surface area contributed by atoms with Gasteiger partial charge in [0, 0.05) is 27.2 Å². The number of aliphatic imine (C=N–C) groups is 1. The zero-order chi connectivity index (χ0) is 15.5. The van der Waals surface area contributed by atoms with Gasteiger partial charge < -0.3 is 20.7 Å². The zero-order valence-corrected chi connectivity index (χ0v) is 12.9. The van der Waals surface area contributed by atoms with E-state index in [4.69, 9.17) is 4.74 Å². The molecule has 6 heteroatoms. The second kappa shape index (κ2) is 9.77. The van der Waals surface area contributed by atoms with Crippen LogP contribution in [0.2, 0.25) is 0 Å². The molecule has 116 valence electrons. The van der Waals surface area contributed by atoms with Crippen LogP contribution in [0.3, 0.4) is 0 Å². The van der Waals surface area contributed by atoms with Crippen molar-refractivity contribution in [3.8, 4) is 0 Å². The maximum absolute atomic E-state index is 11.5. The van der Waals surface area contributed by atoms with Gasteiger partial charge in [0.05, 0.1) is 13.2 Å². The molecule has 0 spiro atoms. The van der Waals surface area contributed by atoms with Gasteiger partial charge in [-0.15, -0.1) is 0 Å². The molecule has 0 aliphatic rings. The maximum atomic E-state index is 11.5. The average molecular weight is 292 g/mol. The highest BCUT2D eigenvalue weighted by molar-refractivity contribution is 5.86. The Morgan fingerprint density at radius 2 is 1.90 bits per heavy atom. The molecule has 0 heterocycles. The molecule has 1 aromatic carbocycles. The van der Waals surface area contributed by atoms with E-state index in [-0.39, 0.29) is 12.5 Å². The number of aryl methyl sites for hydroxylation is 1. The summed E-state index contributed by atoms with van der Waals surface area (Å²) in [7, 11) is 3.27. The van der Waals surface area contributed by atoms with Crippen molar-refractivity contribution in [2.75, 3.05) is 33.9 Å². The molecule has 0 saturated carbocycles. The van der Waals surface area contributed by atoms with E-state index in [2.05, 4.69) is 52.1 Å². The lowest BCUT2D eigenvalue weighted by Gasteiger charge is -2.12. The van der Waals surface area contributed by atoms with Crippen LogP contribution in [0, 0.1) is 6.92 Å². The van der Waals surface area contributed by atoms with Crippen molar-refractivity contribution in [1.82, 2.24) is 16.0 Å². The number of benzene rings is 1. The second-order valence-corrected chi connectivity index (χ2v) is 4.61. The van der Waals surface area contributed by atoms with Gasteiger partial charge in [0.15, 0.2) is 5.96 Å². The lowest BCUT2D eigenvalue weighted by molar-refractivity contribution is -0.120. The average Bonchev–Trinajstić information content (AvgIpc) is 2.49. The first kappa shape index (κ1) is 17.0. The van der Waals surface area contributed by atoms with E-state index < -0.39 is 0 Å². The molecule has 0 aliphatic carbocycles. The van der Waals surface area contributed by atoms with Crippen LogP contribution >= 0.6 is 0 Å². The monoisotopic (exact) mass is 292 g/mol. The molecule has 1 aromatic rings. The molecule has 3 N–H and O–H groups in total. The lowest BCUT2D eigenvalue weighted by atomic mass is 10.1.